The van der Waals surface area contributed by atoms with Gasteiger partial charge in [0, 0.05) is 30.0 Å². The minimum absolute atomic E-state index is 0. The van der Waals surface area contributed by atoms with Gasteiger partial charge in [0.15, 0.2) is 0 Å². The molecule has 1 aliphatic heterocycles. The van der Waals surface area contributed by atoms with Crippen LogP contribution in [-0.2, 0) is 11.3 Å². The molecule has 146 valence electrons. The van der Waals surface area contributed by atoms with Crippen molar-refractivity contribution in [1.82, 2.24) is 20.0 Å². The van der Waals surface area contributed by atoms with Crippen molar-refractivity contribution in [3.8, 4) is 0 Å². The maximum Gasteiger partial charge on any atom is 0.244 e. The minimum atomic E-state index is -0.148. The number of rotatable bonds is 3. The van der Waals surface area contributed by atoms with E-state index in [4.69, 9.17) is 11.6 Å². The van der Waals surface area contributed by atoms with E-state index in [1.165, 1.54) is 6.20 Å². The molecular formula is C20H20Cl2N4O2. The Morgan fingerprint density at radius 1 is 1.18 bits per heavy atom. The van der Waals surface area contributed by atoms with E-state index in [0.29, 0.717) is 29.0 Å². The molecule has 0 bridgehead atoms. The largest absolute Gasteiger partial charge is 0.331 e. The number of para-hydroxylation sites is 1. The van der Waals surface area contributed by atoms with Crippen LogP contribution in [0, 0.1) is 0 Å². The number of carbonyl (C=O) groups is 1. The average molecular weight is 419 g/mol. The topological polar surface area (TPSA) is 67.2 Å². The van der Waals surface area contributed by atoms with Gasteiger partial charge in [0.1, 0.15) is 6.54 Å². The van der Waals surface area contributed by atoms with Gasteiger partial charge >= 0.3 is 0 Å². The van der Waals surface area contributed by atoms with Crippen molar-refractivity contribution in [2.24, 2.45) is 0 Å². The molecule has 6 nitrogen and oxygen atoms in total. The zero-order valence-corrected chi connectivity index (χ0v) is 16.6. The SMILES string of the molecule is Cl.O=C(Cn1ncc(=O)c2ccccc21)N1CCNCC1c1ccccc1Cl. The summed E-state index contributed by atoms with van der Waals surface area (Å²) < 4.78 is 1.59. The van der Waals surface area contributed by atoms with Crippen LogP contribution in [0.5, 0.6) is 0 Å². The number of piperazine rings is 1. The van der Waals surface area contributed by atoms with Crippen LogP contribution in [0.1, 0.15) is 11.6 Å². The van der Waals surface area contributed by atoms with E-state index in [-0.39, 0.29) is 36.3 Å². The van der Waals surface area contributed by atoms with Crippen molar-refractivity contribution in [3.05, 3.63) is 75.5 Å². The Bertz CT molecular complexity index is 1050. The van der Waals surface area contributed by atoms with E-state index in [2.05, 4.69) is 10.4 Å². The Balaban J connectivity index is 0.00000225. The second-order valence-corrected chi connectivity index (χ2v) is 6.92. The molecule has 1 fully saturated rings. The molecule has 0 aliphatic carbocycles. The van der Waals surface area contributed by atoms with Crippen LogP contribution in [0.25, 0.3) is 10.9 Å². The molecule has 2 aromatic carbocycles. The molecule has 1 unspecified atom stereocenters. The first-order valence-electron chi connectivity index (χ1n) is 8.84. The highest BCUT2D eigenvalue weighted by Crippen LogP contribution is 2.28. The number of nitrogens with one attached hydrogen (secondary N) is 1. The summed E-state index contributed by atoms with van der Waals surface area (Å²) in [5.41, 5.74) is 1.44. The van der Waals surface area contributed by atoms with Gasteiger partial charge in [-0.05, 0) is 23.8 Å². The number of halogens is 2. The summed E-state index contributed by atoms with van der Waals surface area (Å²) in [7, 11) is 0. The molecule has 0 saturated carbocycles. The molecule has 1 atom stereocenters. The summed E-state index contributed by atoms with van der Waals surface area (Å²) in [6.45, 7) is 2.04. The van der Waals surface area contributed by atoms with Gasteiger partial charge in [-0.1, -0.05) is 41.9 Å². The van der Waals surface area contributed by atoms with E-state index in [9.17, 15) is 9.59 Å². The van der Waals surface area contributed by atoms with Crippen LogP contribution in [0.4, 0.5) is 0 Å². The normalized spacial score (nSPS) is 16.6. The maximum absolute atomic E-state index is 13.1. The number of aromatic nitrogens is 2. The molecule has 1 aromatic heterocycles. The smallest absolute Gasteiger partial charge is 0.244 e. The van der Waals surface area contributed by atoms with Gasteiger partial charge in [0.05, 0.1) is 17.8 Å². The lowest BCUT2D eigenvalue weighted by molar-refractivity contribution is -0.135. The predicted octanol–water partition coefficient (Wildman–Crippen LogP) is 2.64. The lowest BCUT2D eigenvalue weighted by Gasteiger charge is -2.37. The van der Waals surface area contributed by atoms with Crippen molar-refractivity contribution in [3.63, 3.8) is 0 Å². The van der Waals surface area contributed by atoms with Gasteiger partial charge in [0.25, 0.3) is 0 Å². The average Bonchev–Trinajstić information content (AvgIpc) is 2.71. The molecule has 0 spiro atoms. The Morgan fingerprint density at radius 2 is 1.93 bits per heavy atom. The Hall–Kier alpha value is -2.41. The Morgan fingerprint density at radius 3 is 2.75 bits per heavy atom. The fourth-order valence-electron chi connectivity index (χ4n) is 3.53. The molecule has 1 saturated heterocycles. The van der Waals surface area contributed by atoms with Crippen molar-refractivity contribution in [2.45, 2.75) is 12.6 Å². The van der Waals surface area contributed by atoms with Crippen LogP contribution in [-0.4, -0.2) is 40.2 Å². The molecule has 4 rings (SSSR count). The molecule has 8 heteroatoms. The number of amides is 1. The fraction of sp³-hybridized carbons (Fsp3) is 0.250. The number of hydrogen-bond acceptors (Lipinski definition) is 4. The maximum atomic E-state index is 13.1. The van der Waals surface area contributed by atoms with Crippen LogP contribution in [0.3, 0.4) is 0 Å². The lowest BCUT2D eigenvalue weighted by Crippen LogP contribution is -2.49. The summed E-state index contributed by atoms with van der Waals surface area (Å²) >= 11 is 6.37. The van der Waals surface area contributed by atoms with Crippen molar-refractivity contribution >= 4 is 40.8 Å². The van der Waals surface area contributed by atoms with Gasteiger partial charge in [-0.25, -0.2) is 0 Å². The zero-order chi connectivity index (χ0) is 18.8. The first-order valence-corrected chi connectivity index (χ1v) is 9.22. The second kappa shape index (κ2) is 8.73. The standard InChI is InChI=1S/C20H19ClN4O2.ClH/c21-16-7-3-1-5-14(16)18-11-22-9-10-24(18)20(27)13-25-17-8-4-2-6-15(17)19(26)12-23-25;/h1-8,12,18,22H,9-11,13H2;1H. The van der Waals surface area contributed by atoms with Gasteiger partial charge in [-0.3, -0.25) is 14.3 Å². The highest BCUT2D eigenvalue weighted by molar-refractivity contribution is 6.31. The first kappa shape index (κ1) is 20.3. The monoisotopic (exact) mass is 418 g/mol. The number of nitrogens with zero attached hydrogens (tertiary/aromatic N) is 3. The highest BCUT2D eigenvalue weighted by atomic mass is 35.5. The molecule has 2 heterocycles. The molecule has 1 amide bonds. The number of hydrogen-bond donors (Lipinski definition) is 1. The van der Waals surface area contributed by atoms with Crippen molar-refractivity contribution in [2.75, 3.05) is 19.6 Å². The zero-order valence-electron chi connectivity index (χ0n) is 15.0. The van der Waals surface area contributed by atoms with Gasteiger partial charge in [-0.2, -0.15) is 5.10 Å². The fourth-order valence-corrected chi connectivity index (χ4v) is 3.79. The van der Waals surface area contributed by atoms with Crippen LogP contribution in [0.15, 0.2) is 59.5 Å². The van der Waals surface area contributed by atoms with Crippen molar-refractivity contribution < 1.29 is 4.79 Å². The van der Waals surface area contributed by atoms with Crippen LogP contribution >= 0.6 is 24.0 Å². The number of carbonyl (C=O) groups excluding carboxylic acids is 1. The lowest BCUT2D eigenvalue weighted by atomic mass is 10.0. The third-order valence-corrected chi connectivity index (χ3v) is 5.22. The summed E-state index contributed by atoms with van der Waals surface area (Å²) in [6.07, 6.45) is 1.26. The Labute approximate surface area is 173 Å². The highest BCUT2D eigenvalue weighted by Gasteiger charge is 2.29. The van der Waals surface area contributed by atoms with Crippen LogP contribution < -0.4 is 10.7 Å². The van der Waals surface area contributed by atoms with E-state index in [1.807, 2.05) is 35.2 Å². The van der Waals surface area contributed by atoms with E-state index in [1.54, 1.807) is 22.9 Å². The quantitative estimate of drug-likeness (QED) is 0.709. The van der Waals surface area contributed by atoms with Crippen LogP contribution in [0.2, 0.25) is 5.02 Å². The second-order valence-electron chi connectivity index (χ2n) is 6.51. The van der Waals surface area contributed by atoms with E-state index < -0.39 is 0 Å². The summed E-state index contributed by atoms with van der Waals surface area (Å²) in [6, 6.07) is 14.7. The summed E-state index contributed by atoms with van der Waals surface area (Å²) in [4.78, 5) is 26.9. The molecular weight excluding hydrogens is 399 g/mol. The molecule has 1 aliphatic rings. The third kappa shape index (κ3) is 3.90. The molecule has 28 heavy (non-hydrogen) atoms. The third-order valence-electron chi connectivity index (χ3n) is 4.87. The van der Waals surface area contributed by atoms with Gasteiger partial charge in [0.2, 0.25) is 11.3 Å². The van der Waals surface area contributed by atoms with E-state index in [0.717, 1.165) is 12.1 Å². The van der Waals surface area contributed by atoms with Crippen molar-refractivity contribution in [1.29, 1.82) is 0 Å². The number of fused-ring (bicyclic) bond motifs is 1. The first-order chi connectivity index (χ1) is 13.1. The van der Waals surface area contributed by atoms with E-state index >= 15 is 0 Å². The Kier molecular flexibility index (Phi) is 6.34. The van der Waals surface area contributed by atoms with Gasteiger partial charge < -0.3 is 10.2 Å². The molecule has 1 N–H and O–H groups in total. The molecule has 3 aromatic rings. The minimum Gasteiger partial charge on any atom is -0.331 e. The predicted molar refractivity (Wildman–Crippen MR) is 112 cm³/mol. The molecule has 0 radical (unpaired) electrons. The van der Waals surface area contributed by atoms with Gasteiger partial charge in [-0.15, -0.1) is 12.4 Å². The summed E-state index contributed by atoms with van der Waals surface area (Å²) in [5.74, 6) is -0.0530. The number of benzene rings is 2. The summed E-state index contributed by atoms with van der Waals surface area (Å²) in [5, 5.41) is 8.71.